The molecule has 1 aliphatic rings. The number of ether oxygens (including phenoxy) is 1. The van der Waals surface area contributed by atoms with Gasteiger partial charge in [-0.15, -0.1) is 16.9 Å². The molecule has 0 N–H and O–H groups in total. The minimum absolute atomic E-state index is 0.0744. The molecule has 194 valence electrons. The largest absolute Gasteiger partial charge is 0.497 e. The van der Waals surface area contributed by atoms with Crippen molar-refractivity contribution < 1.29 is 9.26 Å². The van der Waals surface area contributed by atoms with Crippen LogP contribution in [0.25, 0.3) is 17.0 Å². The van der Waals surface area contributed by atoms with Crippen LogP contribution in [0.5, 0.6) is 5.75 Å². The van der Waals surface area contributed by atoms with Gasteiger partial charge >= 0.3 is 5.69 Å². The normalized spacial score (nSPS) is 13.8. The highest BCUT2D eigenvalue weighted by Crippen LogP contribution is 2.24. The number of anilines is 2. The van der Waals surface area contributed by atoms with Crippen molar-refractivity contribution in [3.63, 3.8) is 0 Å². The molecule has 0 amide bonds. The van der Waals surface area contributed by atoms with Crippen LogP contribution in [-0.4, -0.2) is 68.9 Å². The smallest absolute Gasteiger partial charge is 0.352 e. The monoisotopic (exact) mass is 530 g/mol. The zero-order chi connectivity index (χ0) is 26.1. The summed E-state index contributed by atoms with van der Waals surface area (Å²) in [7, 11) is 1.68. The second-order valence-electron chi connectivity index (χ2n) is 8.83. The van der Waals surface area contributed by atoms with Gasteiger partial charge in [-0.3, -0.25) is 0 Å². The summed E-state index contributed by atoms with van der Waals surface area (Å²) in [5.41, 5.74) is 2.19. The van der Waals surface area contributed by atoms with Gasteiger partial charge in [0.1, 0.15) is 24.4 Å². The lowest BCUT2D eigenvalue weighted by molar-refractivity contribution is 0.364. The molecule has 38 heavy (non-hydrogen) atoms. The van der Waals surface area contributed by atoms with E-state index in [1.165, 1.54) is 15.4 Å². The van der Waals surface area contributed by atoms with E-state index in [1.807, 2.05) is 54.8 Å². The summed E-state index contributed by atoms with van der Waals surface area (Å²) < 4.78 is 13.5. The zero-order valence-corrected chi connectivity index (χ0v) is 21.8. The summed E-state index contributed by atoms with van der Waals surface area (Å²) in [6.45, 7) is 3.37. The van der Waals surface area contributed by atoms with Gasteiger partial charge in [-0.1, -0.05) is 11.2 Å². The lowest BCUT2D eigenvalue weighted by atomic mass is 10.2. The summed E-state index contributed by atoms with van der Waals surface area (Å²) in [4.78, 5) is 27.6. The number of benzene rings is 2. The number of hydrogen-bond donors (Lipinski definition) is 0. The highest BCUT2D eigenvalue weighted by Gasteiger charge is 2.20. The number of nitrogens with zero attached hydrogens (tertiary/aromatic N) is 8. The Morgan fingerprint density at radius 3 is 2.58 bits per heavy atom. The Morgan fingerprint density at radius 2 is 1.82 bits per heavy atom. The van der Waals surface area contributed by atoms with Crippen LogP contribution in [0, 0.1) is 0 Å². The van der Waals surface area contributed by atoms with Crippen molar-refractivity contribution in [3.8, 4) is 17.1 Å². The maximum absolute atomic E-state index is 12.9. The molecule has 0 aliphatic carbocycles. The molecule has 0 spiro atoms. The predicted molar refractivity (Wildman–Crippen MR) is 145 cm³/mol. The fraction of sp³-hybridized carbons (Fsp3) is 0.269. The molecule has 1 aliphatic heterocycles. The van der Waals surface area contributed by atoms with E-state index in [4.69, 9.17) is 9.26 Å². The predicted octanol–water partition coefficient (Wildman–Crippen LogP) is 3.05. The van der Waals surface area contributed by atoms with Gasteiger partial charge in [0.15, 0.2) is 5.65 Å². The van der Waals surface area contributed by atoms with Crippen LogP contribution in [0.3, 0.4) is 0 Å². The van der Waals surface area contributed by atoms with Crippen molar-refractivity contribution in [1.29, 1.82) is 0 Å². The number of fused-ring (bicyclic) bond motifs is 1. The van der Waals surface area contributed by atoms with E-state index >= 15 is 0 Å². The van der Waals surface area contributed by atoms with Gasteiger partial charge < -0.3 is 19.1 Å². The van der Waals surface area contributed by atoms with E-state index in [2.05, 4.69) is 36.1 Å². The Labute approximate surface area is 222 Å². The van der Waals surface area contributed by atoms with E-state index in [1.54, 1.807) is 18.9 Å². The zero-order valence-electron chi connectivity index (χ0n) is 21.0. The second-order valence-corrected chi connectivity index (χ2v) is 9.71. The maximum Gasteiger partial charge on any atom is 0.352 e. The number of aromatic nitrogens is 6. The van der Waals surface area contributed by atoms with Crippen molar-refractivity contribution in [2.24, 2.45) is 0 Å². The van der Waals surface area contributed by atoms with E-state index in [9.17, 15) is 4.79 Å². The van der Waals surface area contributed by atoms with Crippen molar-refractivity contribution >= 4 is 28.9 Å². The molecule has 5 aromatic rings. The minimum Gasteiger partial charge on any atom is -0.497 e. The van der Waals surface area contributed by atoms with Crippen molar-refractivity contribution in [3.05, 3.63) is 77.3 Å². The van der Waals surface area contributed by atoms with Gasteiger partial charge in [0.05, 0.1) is 7.11 Å². The van der Waals surface area contributed by atoms with Crippen LogP contribution >= 0.6 is 11.8 Å². The van der Waals surface area contributed by atoms with Gasteiger partial charge in [-0.2, -0.15) is 4.98 Å². The summed E-state index contributed by atoms with van der Waals surface area (Å²) in [5.74, 6) is 2.41. The third kappa shape index (κ3) is 4.70. The first-order valence-electron chi connectivity index (χ1n) is 12.2. The first-order chi connectivity index (χ1) is 18.6. The third-order valence-corrected chi connectivity index (χ3v) is 7.33. The molecule has 3 aromatic heterocycles. The Kier molecular flexibility index (Phi) is 6.46. The first kappa shape index (κ1) is 24.0. The lowest BCUT2D eigenvalue weighted by Crippen LogP contribution is -2.46. The quantitative estimate of drug-likeness (QED) is 0.292. The average molecular weight is 531 g/mol. The highest BCUT2D eigenvalue weighted by atomic mass is 32.2. The second kappa shape index (κ2) is 10.2. The van der Waals surface area contributed by atoms with E-state index in [-0.39, 0.29) is 12.2 Å². The topological polar surface area (TPSA) is 107 Å². The molecule has 0 atom stereocenters. The molecule has 0 saturated carbocycles. The molecule has 0 radical (unpaired) electrons. The number of methoxy groups -OCH3 is 1. The van der Waals surface area contributed by atoms with Gasteiger partial charge in [0.25, 0.3) is 0 Å². The van der Waals surface area contributed by atoms with E-state index < -0.39 is 0 Å². The Balaban J connectivity index is 1.16. The average Bonchev–Trinajstić information content (AvgIpc) is 3.57. The van der Waals surface area contributed by atoms with Crippen LogP contribution in [0.4, 0.5) is 11.5 Å². The molecule has 0 bridgehead atoms. The Bertz CT molecular complexity index is 1620. The molecule has 1 fully saturated rings. The molecule has 4 heterocycles. The van der Waals surface area contributed by atoms with Gasteiger partial charge in [0, 0.05) is 54.5 Å². The van der Waals surface area contributed by atoms with Gasteiger partial charge in [-0.25, -0.2) is 18.9 Å². The summed E-state index contributed by atoms with van der Waals surface area (Å²) >= 11 is 1.67. The molecular weight excluding hydrogens is 504 g/mol. The molecule has 6 rings (SSSR count). The number of rotatable bonds is 7. The fourth-order valence-electron chi connectivity index (χ4n) is 4.49. The molecule has 2 aromatic carbocycles. The van der Waals surface area contributed by atoms with Crippen LogP contribution in [0.15, 0.2) is 75.1 Å². The maximum atomic E-state index is 12.9. The fourth-order valence-corrected chi connectivity index (χ4v) is 4.90. The van der Waals surface area contributed by atoms with Crippen LogP contribution in [-0.2, 0) is 6.54 Å². The van der Waals surface area contributed by atoms with Crippen molar-refractivity contribution in [2.75, 3.05) is 49.3 Å². The standard InChI is InChI=1S/C26H26N8O3S/c1-36-20-5-3-4-19(14-20)31-10-12-32(13-11-31)22-15-23-29-34(26(35)33(23)17-27-22)16-24-28-25(30-37-24)18-6-8-21(38-2)9-7-18/h3-9,14-15,17H,10-13,16H2,1-2H3. The number of thioether (sulfide) groups is 1. The SMILES string of the molecule is COc1cccc(N2CCN(c3cc4nn(Cc5nc(-c6ccc(SC)cc6)no5)c(=O)n4cn3)CC2)c1. The van der Waals surface area contributed by atoms with Crippen LogP contribution in [0.1, 0.15) is 5.89 Å². The number of piperazine rings is 1. The summed E-state index contributed by atoms with van der Waals surface area (Å²) in [6, 6.07) is 17.8. The van der Waals surface area contributed by atoms with Crippen molar-refractivity contribution in [2.45, 2.75) is 11.4 Å². The van der Waals surface area contributed by atoms with Gasteiger partial charge in [-0.05, 0) is 42.7 Å². The van der Waals surface area contributed by atoms with Crippen LogP contribution in [0.2, 0.25) is 0 Å². The summed E-state index contributed by atoms with van der Waals surface area (Å²) in [6.07, 6.45) is 3.55. The molecule has 12 heteroatoms. The highest BCUT2D eigenvalue weighted by molar-refractivity contribution is 7.98. The number of hydrogen-bond acceptors (Lipinski definition) is 10. The molecular formula is C26H26N8O3S. The summed E-state index contributed by atoms with van der Waals surface area (Å²) in [5, 5.41) is 8.56. The molecule has 11 nitrogen and oxygen atoms in total. The first-order valence-corrected chi connectivity index (χ1v) is 13.4. The Hall–Kier alpha value is -4.32. The molecule has 1 saturated heterocycles. The lowest BCUT2D eigenvalue weighted by Gasteiger charge is -2.36. The Morgan fingerprint density at radius 1 is 1.03 bits per heavy atom. The molecule has 0 unspecified atom stereocenters. The van der Waals surface area contributed by atoms with Crippen molar-refractivity contribution in [1.82, 2.24) is 29.3 Å². The minimum atomic E-state index is -0.314. The van der Waals surface area contributed by atoms with E-state index in [0.717, 1.165) is 53.9 Å². The van der Waals surface area contributed by atoms with Gasteiger partial charge in [0.2, 0.25) is 11.7 Å². The van der Waals surface area contributed by atoms with Crippen LogP contribution < -0.4 is 20.2 Å². The third-order valence-electron chi connectivity index (χ3n) is 6.58. The van der Waals surface area contributed by atoms with E-state index in [0.29, 0.717) is 17.4 Å².